The average Bonchev–Trinajstić information content (AvgIpc) is 3.11. The molecule has 1 aromatic rings. The first-order valence-electron chi connectivity index (χ1n) is 8.21. The molecule has 23 heavy (non-hydrogen) atoms. The van der Waals surface area contributed by atoms with Gasteiger partial charge in [-0.15, -0.1) is 0 Å². The van der Waals surface area contributed by atoms with Crippen LogP contribution in [-0.4, -0.2) is 53.2 Å². The van der Waals surface area contributed by atoms with Crippen molar-refractivity contribution in [3.8, 4) is 0 Å². The van der Waals surface area contributed by atoms with E-state index in [0.717, 1.165) is 31.5 Å². The van der Waals surface area contributed by atoms with Crippen LogP contribution in [0.5, 0.6) is 0 Å². The summed E-state index contributed by atoms with van der Waals surface area (Å²) in [5.41, 5.74) is 0.574. The minimum absolute atomic E-state index is 0.0323. The molecule has 6 heteroatoms. The predicted octanol–water partition coefficient (Wildman–Crippen LogP) is 2.46. The van der Waals surface area contributed by atoms with Gasteiger partial charge in [-0.05, 0) is 31.2 Å². The van der Waals surface area contributed by atoms with Gasteiger partial charge in [0.05, 0.1) is 5.54 Å². The van der Waals surface area contributed by atoms with E-state index < -0.39 is 11.6 Å². The Morgan fingerprint density at radius 3 is 2.13 bits per heavy atom. The summed E-state index contributed by atoms with van der Waals surface area (Å²) in [6.45, 7) is 2.48. The number of urea groups is 1. The van der Waals surface area contributed by atoms with E-state index in [1.54, 1.807) is 0 Å². The Morgan fingerprint density at radius 1 is 0.957 bits per heavy atom. The fourth-order valence-electron chi connectivity index (χ4n) is 3.53. The van der Waals surface area contributed by atoms with Gasteiger partial charge in [-0.2, -0.15) is 0 Å². The number of carbonyl (C=O) groups excluding carboxylic acids is 1. The summed E-state index contributed by atoms with van der Waals surface area (Å²) < 4.78 is 0. The molecule has 2 fully saturated rings. The molecule has 2 aliphatic rings. The van der Waals surface area contributed by atoms with Crippen molar-refractivity contribution in [1.82, 2.24) is 15.1 Å². The van der Waals surface area contributed by atoms with E-state index in [4.69, 9.17) is 5.11 Å². The van der Waals surface area contributed by atoms with E-state index in [2.05, 4.69) is 5.32 Å². The molecule has 0 radical (unpaired) electrons. The second kappa shape index (κ2) is 6.48. The number of hydrogen-bond donors (Lipinski definition) is 2. The van der Waals surface area contributed by atoms with Crippen LogP contribution in [0.4, 0.5) is 9.59 Å². The van der Waals surface area contributed by atoms with Crippen molar-refractivity contribution in [1.29, 1.82) is 0 Å². The minimum Gasteiger partial charge on any atom is -0.465 e. The average molecular weight is 317 g/mol. The van der Waals surface area contributed by atoms with Gasteiger partial charge in [0, 0.05) is 26.2 Å². The van der Waals surface area contributed by atoms with Crippen molar-refractivity contribution in [2.45, 2.75) is 31.2 Å². The van der Waals surface area contributed by atoms with Crippen LogP contribution in [0, 0.1) is 0 Å². The molecule has 0 aromatic heterocycles. The van der Waals surface area contributed by atoms with Crippen molar-refractivity contribution in [3.63, 3.8) is 0 Å². The van der Waals surface area contributed by atoms with E-state index in [1.807, 2.05) is 35.2 Å². The molecule has 3 amide bonds. The second-order valence-corrected chi connectivity index (χ2v) is 6.34. The summed E-state index contributed by atoms with van der Waals surface area (Å²) in [4.78, 5) is 27.0. The number of amides is 3. The Labute approximate surface area is 136 Å². The molecule has 124 valence electrons. The number of piperidine rings is 1. The van der Waals surface area contributed by atoms with Gasteiger partial charge < -0.3 is 20.2 Å². The number of likely N-dealkylation sites (tertiary alicyclic amines) is 2. The molecule has 0 aliphatic carbocycles. The Bertz CT molecular complexity index is 562. The van der Waals surface area contributed by atoms with Gasteiger partial charge in [-0.25, -0.2) is 9.59 Å². The highest BCUT2D eigenvalue weighted by atomic mass is 16.4. The quantitative estimate of drug-likeness (QED) is 0.880. The van der Waals surface area contributed by atoms with Crippen LogP contribution in [0.1, 0.15) is 31.2 Å². The number of benzene rings is 1. The van der Waals surface area contributed by atoms with Crippen molar-refractivity contribution in [2.75, 3.05) is 26.2 Å². The molecule has 0 atom stereocenters. The number of rotatable bonds is 2. The lowest BCUT2D eigenvalue weighted by molar-refractivity contribution is 0.105. The molecule has 2 saturated heterocycles. The molecule has 6 nitrogen and oxygen atoms in total. The van der Waals surface area contributed by atoms with E-state index in [0.29, 0.717) is 25.9 Å². The molecule has 3 rings (SSSR count). The summed E-state index contributed by atoms with van der Waals surface area (Å²) in [5, 5.41) is 12.4. The zero-order chi connectivity index (χ0) is 16.3. The highest BCUT2D eigenvalue weighted by Gasteiger charge is 2.39. The summed E-state index contributed by atoms with van der Waals surface area (Å²) in [5.74, 6) is 0. The zero-order valence-electron chi connectivity index (χ0n) is 13.2. The molecular weight excluding hydrogens is 294 g/mol. The maximum atomic E-state index is 12.6. The van der Waals surface area contributed by atoms with Gasteiger partial charge >= 0.3 is 12.1 Å². The molecule has 0 unspecified atom stereocenters. The third-order valence-corrected chi connectivity index (χ3v) is 4.95. The van der Waals surface area contributed by atoms with Crippen molar-refractivity contribution in [2.24, 2.45) is 0 Å². The highest BCUT2D eigenvalue weighted by Crippen LogP contribution is 2.33. The number of carbonyl (C=O) groups is 2. The van der Waals surface area contributed by atoms with Crippen molar-refractivity contribution < 1.29 is 14.7 Å². The normalized spacial score (nSPS) is 20.3. The maximum Gasteiger partial charge on any atom is 0.407 e. The first-order valence-corrected chi connectivity index (χ1v) is 8.21. The van der Waals surface area contributed by atoms with Crippen LogP contribution in [0.25, 0.3) is 0 Å². The Kier molecular flexibility index (Phi) is 4.41. The van der Waals surface area contributed by atoms with E-state index in [1.165, 1.54) is 4.90 Å². The van der Waals surface area contributed by atoms with Crippen LogP contribution in [0.2, 0.25) is 0 Å². The number of nitrogens with one attached hydrogen (secondary N) is 1. The SMILES string of the molecule is O=C(O)N1CCC(NC(=O)N2CCCC2)(c2ccccc2)CC1. The fourth-order valence-corrected chi connectivity index (χ4v) is 3.53. The van der Waals surface area contributed by atoms with Crippen LogP contribution >= 0.6 is 0 Å². The Morgan fingerprint density at radius 2 is 1.57 bits per heavy atom. The Balaban J connectivity index is 1.80. The third kappa shape index (κ3) is 3.25. The molecule has 2 heterocycles. The van der Waals surface area contributed by atoms with Gasteiger partial charge in [0.1, 0.15) is 0 Å². The lowest BCUT2D eigenvalue weighted by Crippen LogP contribution is -2.56. The highest BCUT2D eigenvalue weighted by molar-refractivity contribution is 5.76. The number of nitrogens with zero attached hydrogens (tertiary/aromatic N) is 2. The third-order valence-electron chi connectivity index (χ3n) is 4.95. The van der Waals surface area contributed by atoms with Crippen molar-refractivity contribution in [3.05, 3.63) is 35.9 Å². The predicted molar refractivity (Wildman–Crippen MR) is 86.3 cm³/mol. The summed E-state index contributed by atoms with van der Waals surface area (Å²) in [7, 11) is 0. The number of carboxylic acid groups (broad SMARTS) is 1. The van der Waals surface area contributed by atoms with E-state index in [9.17, 15) is 9.59 Å². The van der Waals surface area contributed by atoms with Crippen LogP contribution < -0.4 is 5.32 Å². The van der Waals surface area contributed by atoms with Gasteiger partial charge in [-0.1, -0.05) is 30.3 Å². The summed E-state index contributed by atoms with van der Waals surface area (Å²) in [6.07, 6.45) is 2.42. The Hall–Kier alpha value is -2.24. The van der Waals surface area contributed by atoms with E-state index >= 15 is 0 Å². The molecule has 0 saturated carbocycles. The molecular formula is C17H23N3O3. The standard InChI is InChI=1S/C17H23N3O3/c21-15(19-10-4-5-11-19)18-17(14-6-2-1-3-7-14)8-12-20(13-9-17)16(22)23/h1-3,6-7H,4-5,8-13H2,(H,18,21)(H,22,23). The van der Waals surface area contributed by atoms with Gasteiger partial charge in [-0.3, -0.25) is 0 Å². The fraction of sp³-hybridized carbons (Fsp3) is 0.529. The largest absolute Gasteiger partial charge is 0.465 e. The van der Waals surface area contributed by atoms with Gasteiger partial charge in [0.2, 0.25) is 0 Å². The second-order valence-electron chi connectivity index (χ2n) is 6.34. The topological polar surface area (TPSA) is 72.9 Å². The summed E-state index contributed by atoms with van der Waals surface area (Å²) in [6, 6.07) is 9.87. The molecule has 0 spiro atoms. The first-order chi connectivity index (χ1) is 11.1. The van der Waals surface area contributed by atoms with Crippen LogP contribution in [0.15, 0.2) is 30.3 Å². The van der Waals surface area contributed by atoms with Crippen LogP contribution in [-0.2, 0) is 5.54 Å². The first kappa shape index (κ1) is 15.6. The lowest BCUT2D eigenvalue weighted by atomic mass is 9.81. The molecule has 0 bridgehead atoms. The lowest BCUT2D eigenvalue weighted by Gasteiger charge is -2.42. The van der Waals surface area contributed by atoms with Crippen molar-refractivity contribution >= 4 is 12.1 Å². The zero-order valence-corrected chi connectivity index (χ0v) is 13.2. The monoisotopic (exact) mass is 317 g/mol. The van der Waals surface area contributed by atoms with E-state index in [-0.39, 0.29) is 6.03 Å². The minimum atomic E-state index is -0.891. The van der Waals surface area contributed by atoms with Crippen LogP contribution in [0.3, 0.4) is 0 Å². The smallest absolute Gasteiger partial charge is 0.407 e. The molecule has 1 aromatic carbocycles. The molecule has 2 N–H and O–H groups in total. The summed E-state index contributed by atoms with van der Waals surface area (Å²) >= 11 is 0. The van der Waals surface area contributed by atoms with Gasteiger partial charge in [0.25, 0.3) is 0 Å². The maximum absolute atomic E-state index is 12.6. The molecule has 2 aliphatic heterocycles. The number of hydrogen-bond acceptors (Lipinski definition) is 2. The van der Waals surface area contributed by atoms with Gasteiger partial charge in [0.15, 0.2) is 0 Å².